The molecule has 1 aromatic heterocycles. The number of hydrogen-bond donors (Lipinski definition) is 0. The molecule has 7 heteroatoms. The van der Waals surface area contributed by atoms with E-state index >= 15 is 0 Å². The molecule has 0 bridgehead atoms. The van der Waals surface area contributed by atoms with Gasteiger partial charge in [0.05, 0.1) is 6.33 Å². The summed E-state index contributed by atoms with van der Waals surface area (Å²) in [6.07, 6.45) is 7.94. The van der Waals surface area contributed by atoms with Gasteiger partial charge in [-0.15, -0.1) is 0 Å². The number of aryl methyl sites for hydroxylation is 1. The standard InChI is InChI=1S/C14H21N3O3S/c1-16-9-14(15-10-16)21(19,20)17-8-3-2-6-12(17)11-5-4-7-13(11)18/h9-12H,2-8H2,1H3. The molecule has 1 aromatic rings. The predicted octanol–water partition coefficient (Wildman–Crippen LogP) is 1.33. The van der Waals surface area contributed by atoms with Crippen molar-refractivity contribution in [2.45, 2.75) is 49.6 Å². The highest BCUT2D eigenvalue weighted by atomic mass is 32.2. The molecule has 2 fully saturated rings. The lowest BCUT2D eigenvalue weighted by atomic mass is 9.90. The number of piperidine rings is 1. The van der Waals surface area contributed by atoms with Gasteiger partial charge in [-0.3, -0.25) is 4.79 Å². The van der Waals surface area contributed by atoms with Crippen molar-refractivity contribution in [3.63, 3.8) is 0 Å². The third kappa shape index (κ3) is 2.64. The number of carbonyl (C=O) groups excluding carboxylic acids is 1. The van der Waals surface area contributed by atoms with Crippen LogP contribution in [-0.2, 0) is 21.9 Å². The second-order valence-electron chi connectivity index (χ2n) is 6.02. The molecule has 21 heavy (non-hydrogen) atoms. The molecule has 6 nitrogen and oxygen atoms in total. The number of hydrogen-bond acceptors (Lipinski definition) is 4. The quantitative estimate of drug-likeness (QED) is 0.844. The van der Waals surface area contributed by atoms with Crippen LogP contribution < -0.4 is 0 Å². The third-order valence-corrected chi connectivity index (χ3v) is 6.38. The Labute approximate surface area is 125 Å². The van der Waals surface area contributed by atoms with E-state index in [9.17, 15) is 13.2 Å². The molecular weight excluding hydrogens is 290 g/mol. The summed E-state index contributed by atoms with van der Waals surface area (Å²) in [5.41, 5.74) is 0. The molecule has 1 saturated carbocycles. The van der Waals surface area contributed by atoms with Crippen LogP contribution in [0.15, 0.2) is 17.6 Å². The molecule has 1 aliphatic carbocycles. The zero-order valence-electron chi connectivity index (χ0n) is 12.2. The molecule has 2 unspecified atom stereocenters. The van der Waals surface area contributed by atoms with E-state index in [4.69, 9.17) is 0 Å². The molecule has 116 valence electrons. The Morgan fingerprint density at radius 3 is 2.67 bits per heavy atom. The van der Waals surface area contributed by atoms with Gasteiger partial charge in [-0.2, -0.15) is 4.31 Å². The smallest absolute Gasteiger partial charge is 0.262 e. The van der Waals surface area contributed by atoms with Crippen LogP contribution in [0, 0.1) is 5.92 Å². The summed E-state index contributed by atoms with van der Waals surface area (Å²) in [6.45, 7) is 0.493. The van der Waals surface area contributed by atoms with Gasteiger partial charge in [-0.1, -0.05) is 6.42 Å². The van der Waals surface area contributed by atoms with Crippen molar-refractivity contribution in [2.24, 2.45) is 13.0 Å². The average Bonchev–Trinajstić information content (AvgIpc) is 3.08. The molecule has 2 aliphatic rings. The van der Waals surface area contributed by atoms with Gasteiger partial charge in [-0.05, 0) is 25.7 Å². The lowest BCUT2D eigenvalue weighted by molar-refractivity contribution is -0.122. The van der Waals surface area contributed by atoms with Crippen molar-refractivity contribution >= 4 is 15.8 Å². The van der Waals surface area contributed by atoms with Gasteiger partial charge in [0.2, 0.25) is 0 Å². The average molecular weight is 311 g/mol. The summed E-state index contributed by atoms with van der Waals surface area (Å²) < 4.78 is 28.8. The summed E-state index contributed by atoms with van der Waals surface area (Å²) in [7, 11) is -1.85. The minimum atomic E-state index is -3.60. The Hall–Kier alpha value is -1.21. The Morgan fingerprint density at radius 2 is 2.05 bits per heavy atom. The maximum Gasteiger partial charge on any atom is 0.262 e. The SMILES string of the molecule is Cn1cnc(S(=O)(=O)N2CCCCC2C2CCCC2=O)c1. The largest absolute Gasteiger partial charge is 0.339 e. The predicted molar refractivity (Wildman–Crippen MR) is 77.1 cm³/mol. The fraction of sp³-hybridized carbons (Fsp3) is 0.714. The first-order valence-corrected chi connectivity index (χ1v) is 8.96. The number of rotatable bonds is 3. The van der Waals surface area contributed by atoms with Crippen molar-refractivity contribution in [3.8, 4) is 0 Å². The number of sulfonamides is 1. The van der Waals surface area contributed by atoms with E-state index in [1.807, 2.05) is 0 Å². The van der Waals surface area contributed by atoms with Crippen molar-refractivity contribution in [3.05, 3.63) is 12.5 Å². The van der Waals surface area contributed by atoms with Crippen molar-refractivity contribution in [1.82, 2.24) is 13.9 Å². The molecule has 2 atom stereocenters. The van der Waals surface area contributed by atoms with Gasteiger partial charge in [0.15, 0.2) is 5.03 Å². The highest BCUT2D eigenvalue weighted by Gasteiger charge is 2.42. The number of aromatic nitrogens is 2. The lowest BCUT2D eigenvalue weighted by Crippen LogP contribution is -2.48. The van der Waals surface area contributed by atoms with E-state index in [2.05, 4.69) is 4.98 Å². The summed E-state index contributed by atoms with van der Waals surface area (Å²) >= 11 is 0. The fourth-order valence-electron chi connectivity index (χ4n) is 3.52. The van der Waals surface area contributed by atoms with Crippen LogP contribution in [0.25, 0.3) is 0 Å². The van der Waals surface area contributed by atoms with Gasteiger partial charge in [0, 0.05) is 38.2 Å². The fourth-order valence-corrected chi connectivity index (χ4v) is 5.22. The van der Waals surface area contributed by atoms with Crippen LogP contribution in [-0.4, -0.2) is 40.6 Å². The normalized spacial score (nSPS) is 28.1. The van der Waals surface area contributed by atoms with Crippen molar-refractivity contribution in [1.29, 1.82) is 0 Å². The number of carbonyl (C=O) groups is 1. The Bertz CT molecular complexity index is 638. The second-order valence-corrected chi connectivity index (χ2v) is 7.86. The van der Waals surface area contributed by atoms with Crippen LogP contribution in [0.3, 0.4) is 0 Å². The molecule has 1 aliphatic heterocycles. The van der Waals surface area contributed by atoms with E-state index in [1.54, 1.807) is 11.6 Å². The summed E-state index contributed by atoms with van der Waals surface area (Å²) in [6, 6.07) is -0.180. The topological polar surface area (TPSA) is 72.3 Å². The summed E-state index contributed by atoms with van der Waals surface area (Å²) in [4.78, 5) is 16.0. The molecule has 3 rings (SSSR count). The summed E-state index contributed by atoms with van der Waals surface area (Å²) in [5.74, 6) is 0.104. The van der Waals surface area contributed by atoms with Gasteiger partial charge >= 0.3 is 0 Å². The Morgan fingerprint density at radius 1 is 1.24 bits per heavy atom. The van der Waals surface area contributed by atoms with E-state index in [-0.39, 0.29) is 22.8 Å². The van der Waals surface area contributed by atoms with Crippen LogP contribution in [0.1, 0.15) is 38.5 Å². The number of imidazole rings is 1. The molecule has 0 N–H and O–H groups in total. The highest BCUT2D eigenvalue weighted by Crippen LogP contribution is 2.35. The second kappa shape index (κ2) is 5.53. The minimum absolute atomic E-state index is 0.0855. The highest BCUT2D eigenvalue weighted by molar-refractivity contribution is 7.89. The Kier molecular flexibility index (Phi) is 3.88. The maximum atomic E-state index is 12.8. The molecule has 0 aromatic carbocycles. The molecule has 2 heterocycles. The number of Topliss-reactive ketones (excluding diaryl/α,β-unsaturated/α-hetero) is 1. The molecule has 0 amide bonds. The molecule has 0 radical (unpaired) electrons. The maximum absolute atomic E-state index is 12.8. The van der Waals surface area contributed by atoms with Crippen LogP contribution >= 0.6 is 0 Å². The minimum Gasteiger partial charge on any atom is -0.339 e. The first-order chi connectivity index (χ1) is 10.00. The van der Waals surface area contributed by atoms with E-state index in [0.717, 1.165) is 32.1 Å². The van der Waals surface area contributed by atoms with E-state index < -0.39 is 10.0 Å². The molecular formula is C14H21N3O3S. The van der Waals surface area contributed by atoms with Crippen molar-refractivity contribution in [2.75, 3.05) is 6.54 Å². The summed E-state index contributed by atoms with van der Waals surface area (Å²) in [5, 5.41) is 0.0855. The number of nitrogens with zero attached hydrogens (tertiary/aromatic N) is 3. The molecule has 1 saturated heterocycles. The number of ketones is 1. The van der Waals surface area contributed by atoms with E-state index in [1.165, 1.54) is 16.8 Å². The lowest BCUT2D eigenvalue weighted by Gasteiger charge is -2.37. The third-order valence-electron chi connectivity index (χ3n) is 4.57. The zero-order valence-corrected chi connectivity index (χ0v) is 13.1. The van der Waals surface area contributed by atoms with Crippen LogP contribution in [0.2, 0.25) is 0 Å². The van der Waals surface area contributed by atoms with E-state index in [0.29, 0.717) is 13.0 Å². The van der Waals surface area contributed by atoms with Crippen LogP contribution in [0.4, 0.5) is 0 Å². The Balaban J connectivity index is 1.92. The van der Waals surface area contributed by atoms with Gasteiger partial charge in [0.25, 0.3) is 10.0 Å². The monoisotopic (exact) mass is 311 g/mol. The zero-order chi connectivity index (χ0) is 15.0. The first-order valence-electron chi connectivity index (χ1n) is 7.52. The first kappa shape index (κ1) is 14.7. The van der Waals surface area contributed by atoms with Crippen molar-refractivity contribution < 1.29 is 13.2 Å². The van der Waals surface area contributed by atoms with Gasteiger partial charge in [0.1, 0.15) is 5.78 Å². The van der Waals surface area contributed by atoms with Crippen LogP contribution in [0.5, 0.6) is 0 Å². The molecule has 0 spiro atoms. The van der Waals surface area contributed by atoms with Gasteiger partial charge in [-0.25, -0.2) is 13.4 Å². The van der Waals surface area contributed by atoms with Gasteiger partial charge < -0.3 is 4.57 Å².